The number of amides is 1. The van der Waals surface area contributed by atoms with Gasteiger partial charge in [0.15, 0.2) is 0 Å². The Morgan fingerprint density at radius 3 is 3.00 bits per heavy atom. The van der Waals surface area contributed by atoms with E-state index in [4.69, 9.17) is 5.84 Å². The minimum Gasteiger partial charge on any atom is -0.268 e. The molecule has 1 amide bonds. The van der Waals surface area contributed by atoms with Crippen LogP contribution in [0.15, 0.2) is 11.6 Å². The van der Waals surface area contributed by atoms with E-state index in [9.17, 15) is 4.79 Å². The van der Waals surface area contributed by atoms with Gasteiger partial charge in [0.25, 0.3) is 0 Å². The molecule has 3 N–H and O–H groups in total. The van der Waals surface area contributed by atoms with E-state index in [0.717, 1.165) is 0 Å². The molecule has 0 spiro atoms. The van der Waals surface area contributed by atoms with Crippen molar-refractivity contribution in [2.45, 2.75) is 6.92 Å². The average molecular weight is 158 g/mol. The van der Waals surface area contributed by atoms with Crippen LogP contribution in [0.1, 0.15) is 6.92 Å². The lowest BCUT2D eigenvalue weighted by Crippen LogP contribution is -2.44. The lowest BCUT2D eigenvalue weighted by molar-refractivity contribution is -0.619. The zero-order valence-corrected chi connectivity index (χ0v) is 6.31. The van der Waals surface area contributed by atoms with Crippen LogP contribution in [0.3, 0.4) is 0 Å². The Kier molecular flexibility index (Phi) is 1.86. The van der Waals surface area contributed by atoms with Crippen LogP contribution in [0.2, 0.25) is 0 Å². The topological polar surface area (TPSA) is 59.0 Å². The molecule has 0 bridgehead atoms. The van der Waals surface area contributed by atoms with Crippen LogP contribution in [0.4, 0.5) is 5.13 Å². The molecule has 0 aromatic carbocycles. The van der Waals surface area contributed by atoms with Crippen molar-refractivity contribution in [2.75, 3.05) is 11.2 Å². The first-order valence-electron chi connectivity index (χ1n) is 2.72. The fourth-order valence-electron chi connectivity index (χ4n) is 0.534. The van der Waals surface area contributed by atoms with Crippen molar-refractivity contribution in [2.24, 2.45) is 0 Å². The lowest BCUT2D eigenvalue weighted by atomic mass is 10.7. The highest BCUT2D eigenvalue weighted by Crippen LogP contribution is 2.05. The number of nitrogen functional groups attached to an aromatic ring is 1. The van der Waals surface area contributed by atoms with Gasteiger partial charge in [-0.25, -0.2) is 4.79 Å². The number of hydrogen-bond donors (Lipinski definition) is 2. The van der Waals surface area contributed by atoms with Crippen LogP contribution in [-0.2, 0) is 4.79 Å². The third-order valence-electron chi connectivity index (χ3n) is 0.919. The first kappa shape index (κ1) is 7.01. The van der Waals surface area contributed by atoms with E-state index < -0.39 is 0 Å². The third kappa shape index (κ3) is 1.44. The van der Waals surface area contributed by atoms with Crippen molar-refractivity contribution in [3.63, 3.8) is 0 Å². The Morgan fingerprint density at radius 2 is 2.60 bits per heavy atom. The van der Waals surface area contributed by atoms with Gasteiger partial charge in [-0.2, -0.15) is 5.32 Å². The highest BCUT2D eigenvalue weighted by atomic mass is 32.1. The molecule has 0 aliphatic rings. The second-order valence-corrected chi connectivity index (χ2v) is 2.69. The molecule has 1 aromatic heterocycles. The standard InChI is InChI=1S/C5H7N3OS/c1-4(9)7-5-8(6)2-3-10-5/h2-3H,6H2,1H3/p+1. The summed E-state index contributed by atoms with van der Waals surface area (Å²) in [5.41, 5.74) is 0. The smallest absolute Gasteiger partial charge is 0.268 e. The summed E-state index contributed by atoms with van der Waals surface area (Å²) < 4.78 is 1.37. The van der Waals surface area contributed by atoms with Crippen molar-refractivity contribution in [3.8, 4) is 0 Å². The summed E-state index contributed by atoms with van der Waals surface area (Å²) in [6, 6.07) is 0. The average Bonchev–Trinajstić information content (AvgIpc) is 2.15. The minimum absolute atomic E-state index is 0.110. The second kappa shape index (κ2) is 2.66. The molecule has 1 rings (SSSR count). The molecule has 1 heterocycles. The molecule has 0 aliphatic heterocycles. The highest BCUT2D eigenvalue weighted by Gasteiger charge is 2.09. The zero-order chi connectivity index (χ0) is 7.56. The summed E-state index contributed by atoms with van der Waals surface area (Å²) in [6.45, 7) is 1.44. The number of carbonyl (C=O) groups is 1. The maximum atomic E-state index is 10.5. The van der Waals surface area contributed by atoms with Crippen molar-refractivity contribution < 1.29 is 9.47 Å². The number of thiazole rings is 1. The van der Waals surface area contributed by atoms with E-state index in [1.54, 1.807) is 11.6 Å². The van der Waals surface area contributed by atoms with Gasteiger partial charge in [0.1, 0.15) is 6.20 Å². The maximum absolute atomic E-state index is 10.5. The summed E-state index contributed by atoms with van der Waals surface area (Å²) in [5, 5.41) is 5.01. The number of rotatable bonds is 1. The van der Waals surface area contributed by atoms with E-state index in [2.05, 4.69) is 5.32 Å². The van der Waals surface area contributed by atoms with Gasteiger partial charge in [-0.1, -0.05) is 11.3 Å². The monoisotopic (exact) mass is 158 g/mol. The Morgan fingerprint density at radius 1 is 1.90 bits per heavy atom. The third-order valence-corrected chi connectivity index (χ3v) is 1.71. The van der Waals surface area contributed by atoms with Gasteiger partial charge >= 0.3 is 11.0 Å². The first-order valence-corrected chi connectivity index (χ1v) is 3.60. The van der Waals surface area contributed by atoms with Crippen LogP contribution < -0.4 is 15.8 Å². The molecule has 0 unspecified atom stereocenters. The Bertz CT molecular complexity index is 245. The van der Waals surface area contributed by atoms with Crippen molar-refractivity contribution in [1.29, 1.82) is 0 Å². The van der Waals surface area contributed by atoms with Gasteiger partial charge < -0.3 is 0 Å². The van der Waals surface area contributed by atoms with Gasteiger partial charge in [-0.15, -0.1) is 4.68 Å². The largest absolute Gasteiger partial charge is 0.364 e. The van der Waals surface area contributed by atoms with E-state index in [0.29, 0.717) is 5.13 Å². The van der Waals surface area contributed by atoms with Crippen LogP contribution >= 0.6 is 11.3 Å². The van der Waals surface area contributed by atoms with Gasteiger partial charge in [0, 0.05) is 12.3 Å². The fourth-order valence-corrected chi connectivity index (χ4v) is 1.24. The number of hydrogen-bond acceptors (Lipinski definition) is 3. The molecule has 0 aliphatic carbocycles. The Hall–Kier alpha value is -1.10. The quantitative estimate of drug-likeness (QED) is 0.436. The van der Waals surface area contributed by atoms with Crippen molar-refractivity contribution in [3.05, 3.63) is 11.6 Å². The number of nitrogens with two attached hydrogens (primary N) is 1. The molecule has 5 heteroatoms. The summed E-state index contributed by atoms with van der Waals surface area (Å²) in [7, 11) is 0. The number of carbonyl (C=O) groups excluding carboxylic acids is 1. The molecule has 10 heavy (non-hydrogen) atoms. The molecule has 0 saturated heterocycles. The molecular weight excluding hydrogens is 150 g/mol. The molecule has 0 atom stereocenters. The molecule has 1 aromatic rings. The highest BCUT2D eigenvalue weighted by molar-refractivity contribution is 7.13. The summed E-state index contributed by atoms with van der Waals surface area (Å²) >= 11 is 1.38. The predicted octanol–water partition coefficient (Wildman–Crippen LogP) is -0.292. The first-order chi connectivity index (χ1) is 4.70. The van der Waals surface area contributed by atoms with Gasteiger partial charge in [-0.3, -0.25) is 5.84 Å². The van der Waals surface area contributed by atoms with E-state index >= 15 is 0 Å². The fraction of sp³-hybridized carbons (Fsp3) is 0.200. The molecule has 0 fully saturated rings. The zero-order valence-electron chi connectivity index (χ0n) is 5.50. The molecule has 0 saturated carbocycles. The number of nitrogens with one attached hydrogen (secondary N) is 1. The number of nitrogens with zero attached hydrogens (tertiary/aromatic N) is 1. The van der Waals surface area contributed by atoms with Gasteiger partial charge in [0.05, 0.1) is 0 Å². The Labute approximate surface area is 62.3 Å². The Balaban J connectivity index is 2.74. The van der Waals surface area contributed by atoms with E-state index in [-0.39, 0.29) is 5.91 Å². The normalized spacial score (nSPS) is 9.30. The maximum Gasteiger partial charge on any atom is 0.364 e. The van der Waals surface area contributed by atoms with Gasteiger partial charge in [-0.05, 0) is 0 Å². The predicted molar refractivity (Wildman–Crippen MR) is 39.0 cm³/mol. The second-order valence-electron chi connectivity index (χ2n) is 1.80. The van der Waals surface area contributed by atoms with Crippen LogP contribution in [-0.4, -0.2) is 5.91 Å². The SMILES string of the molecule is CC(=O)Nc1scc[n+]1N. The molecule has 4 nitrogen and oxygen atoms in total. The number of anilines is 1. The van der Waals surface area contributed by atoms with Crippen LogP contribution in [0.5, 0.6) is 0 Å². The molecule has 0 radical (unpaired) electrons. The minimum atomic E-state index is -0.110. The van der Waals surface area contributed by atoms with Gasteiger partial charge in [0.2, 0.25) is 0 Å². The molecular formula is C5H8N3OS+. The molecule has 54 valence electrons. The number of aromatic nitrogens is 1. The summed E-state index contributed by atoms with van der Waals surface area (Å²) in [6.07, 6.45) is 1.68. The van der Waals surface area contributed by atoms with Crippen molar-refractivity contribution >= 4 is 22.4 Å². The van der Waals surface area contributed by atoms with E-state index in [1.807, 2.05) is 0 Å². The summed E-state index contributed by atoms with van der Waals surface area (Å²) in [5.74, 6) is 5.29. The van der Waals surface area contributed by atoms with Crippen LogP contribution in [0, 0.1) is 0 Å². The lowest BCUT2D eigenvalue weighted by Gasteiger charge is -1.88. The van der Waals surface area contributed by atoms with Crippen molar-refractivity contribution in [1.82, 2.24) is 0 Å². The van der Waals surface area contributed by atoms with Crippen LogP contribution in [0.25, 0.3) is 0 Å². The van der Waals surface area contributed by atoms with E-state index in [1.165, 1.54) is 22.9 Å². The summed E-state index contributed by atoms with van der Waals surface area (Å²) in [4.78, 5) is 10.5.